The number of alkyl halides is 2. The van der Waals surface area contributed by atoms with E-state index in [1.165, 1.54) is 0 Å². The average molecular weight is 406 g/mol. The second kappa shape index (κ2) is 4.61. The summed E-state index contributed by atoms with van der Waals surface area (Å²) in [7, 11) is 0. The predicted molar refractivity (Wildman–Crippen MR) is 85.5 cm³/mol. The van der Waals surface area contributed by atoms with Crippen LogP contribution in [0.3, 0.4) is 0 Å². The molecular formula is C14H12Br2ClNO. The minimum Gasteiger partial charge on any atom is -0.486 e. The molecule has 1 aromatic heterocycles. The number of halogens is 3. The normalized spacial score (nSPS) is 21.0. The summed E-state index contributed by atoms with van der Waals surface area (Å²) in [5, 5.41) is 1.03. The van der Waals surface area contributed by atoms with Gasteiger partial charge in [0.15, 0.2) is 0 Å². The van der Waals surface area contributed by atoms with Crippen molar-refractivity contribution in [1.29, 1.82) is 0 Å². The van der Waals surface area contributed by atoms with Crippen molar-refractivity contribution in [3.63, 3.8) is 0 Å². The molecule has 0 saturated heterocycles. The summed E-state index contributed by atoms with van der Waals surface area (Å²) in [6.07, 6.45) is 0.691. The first kappa shape index (κ1) is 13.7. The van der Waals surface area contributed by atoms with Gasteiger partial charge >= 0.3 is 0 Å². The van der Waals surface area contributed by atoms with Crippen molar-refractivity contribution in [3.05, 3.63) is 33.9 Å². The van der Waals surface area contributed by atoms with Gasteiger partial charge < -0.3 is 4.74 Å². The maximum atomic E-state index is 6.33. The van der Waals surface area contributed by atoms with Crippen molar-refractivity contribution in [2.24, 2.45) is 0 Å². The molecule has 1 aliphatic heterocycles. The lowest BCUT2D eigenvalue weighted by Gasteiger charge is -2.21. The minimum absolute atomic E-state index is 0.0887. The number of ether oxygens (including phenoxy) is 1. The highest BCUT2D eigenvalue weighted by molar-refractivity contribution is 9.10. The molecule has 0 bridgehead atoms. The maximum Gasteiger partial charge on any atom is 0.134 e. The van der Waals surface area contributed by atoms with E-state index in [4.69, 9.17) is 16.3 Å². The SMILES string of the molecule is Cc1nc2ccc(Br)cc2c2c1CC(C(C)(Cl)Br)O2. The molecule has 0 amide bonds. The molecule has 0 radical (unpaired) electrons. The molecule has 2 atom stereocenters. The predicted octanol–water partition coefficient (Wildman–Crippen LogP) is 4.96. The molecule has 2 aromatic rings. The molecule has 0 spiro atoms. The molecule has 19 heavy (non-hydrogen) atoms. The van der Waals surface area contributed by atoms with Crippen LogP contribution in [0.2, 0.25) is 0 Å². The molecule has 1 aromatic carbocycles. The third-order valence-corrected chi connectivity index (χ3v) is 4.66. The molecule has 0 saturated carbocycles. The number of nitrogens with zero attached hydrogens (tertiary/aromatic N) is 1. The van der Waals surface area contributed by atoms with Crippen LogP contribution in [-0.4, -0.2) is 14.9 Å². The molecule has 100 valence electrons. The number of fused-ring (bicyclic) bond motifs is 3. The van der Waals surface area contributed by atoms with Crippen molar-refractivity contribution in [2.75, 3.05) is 0 Å². The van der Waals surface area contributed by atoms with E-state index in [0.29, 0.717) is 0 Å². The van der Waals surface area contributed by atoms with Gasteiger partial charge in [-0.3, -0.25) is 4.98 Å². The first-order valence-electron chi connectivity index (χ1n) is 5.99. The van der Waals surface area contributed by atoms with Gasteiger partial charge in [0.2, 0.25) is 0 Å². The van der Waals surface area contributed by atoms with Gasteiger partial charge in [0.05, 0.1) is 5.52 Å². The Morgan fingerprint density at radius 1 is 1.47 bits per heavy atom. The van der Waals surface area contributed by atoms with E-state index in [1.54, 1.807) is 0 Å². The Kier molecular flexibility index (Phi) is 3.31. The Labute approximate surface area is 133 Å². The van der Waals surface area contributed by atoms with Crippen LogP contribution in [0.25, 0.3) is 10.9 Å². The van der Waals surface area contributed by atoms with Crippen LogP contribution < -0.4 is 4.74 Å². The van der Waals surface area contributed by atoms with Gasteiger partial charge in [-0.05, 0) is 32.0 Å². The van der Waals surface area contributed by atoms with E-state index in [1.807, 2.05) is 32.0 Å². The lowest BCUT2D eigenvalue weighted by atomic mass is 10.0. The molecule has 0 N–H and O–H groups in total. The van der Waals surface area contributed by atoms with Gasteiger partial charge in [-0.1, -0.05) is 31.9 Å². The summed E-state index contributed by atoms with van der Waals surface area (Å²) < 4.78 is 6.53. The zero-order valence-corrected chi connectivity index (χ0v) is 14.4. The second-order valence-electron chi connectivity index (χ2n) is 4.93. The molecule has 1 aliphatic rings. The fourth-order valence-electron chi connectivity index (χ4n) is 2.39. The number of hydrogen-bond donors (Lipinski definition) is 0. The zero-order chi connectivity index (χ0) is 13.8. The van der Waals surface area contributed by atoms with Crippen LogP contribution in [0.5, 0.6) is 5.75 Å². The quantitative estimate of drug-likeness (QED) is 0.626. The van der Waals surface area contributed by atoms with Gasteiger partial charge in [0.1, 0.15) is 15.6 Å². The first-order valence-corrected chi connectivity index (χ1v) is 7.96. The molecular weight excluding hydrogens is 393 g/mol. The maximum absolute atomic E-state index is 6.33. The van der Waals surface area contributed by atoms with Crippen molar-refractivity contribution in [1.82, 2.24) is 4.98 Å². The van der Waals surface area contributed by atoms with Gasteiger partial charge in [-0.2, -0.15) is 0 Å². The number of rotatable bonds is 1. The third kappa shape index (κ3) is 2.39. The lowest BCUT2D eigenvalue weighted by Crippen LogP contribution is -2.31. The highest BCUT2D eigenvalue weighted by Crippen LogP contribution is 2.43. The Morgan fingerprint density at radius 3 is 2.89 bits per heavy atom. The van der Waals surface area contributed by atoms with E-state index in [0.717, 1.165) is 38.8 Å². The zero-order valence-electron chi connectivity index (χ0n) is 10.5. The van der Waals surface area contributed by atoms with E-state index >= 15 is 0 Å². The molecule has 2 unspecified atom stereocenters. The molecule has 3 rings (SSSR count). The van der Waals surface area contributed by atoms with Crippen molar-refractivity contribution < 1.29 is 4.74 Å². The van der Waals surface area contributed by atoms with Gasteiger partial charge in [-0.15, -0.1) is 11.6 Å². The fourth-order valence-corrected chi connectivity index (χ4v) is 3.13. The number of benzene rings is 1. The van der Waals surface area contributed by atoms with E-state index in [-0.39, 0.29) is 6.10 Å². The molecule has 0 fully saturated rings. The standard InChI is InChI=1S/C14H12Br2ClNO/c1-7-9-6-12(14(2,16)17)19-13(9)10-5-8(15)3-4-11(10)18-7/h3-5,12H,6H2,1-2H3. The number of pyridine rings is 1. The summed E-state index contributed by atoms with van der Waals surface area (Å²) in [5.74, 6) is 0.917. The Hall–Kier alpha value is -0.320. The van der Waals surface area contributed by atoms with Crippen molar-refractivity contribution in [2.45, 2.75) is 30.2 Å². The van der Waals surface area contributed by atoms with Crippen LogP contribution in [0, 0.1) is 6.92 Å². The smallest absolute Gasteiger partial charge is 0.134 e. The van der Waals surface area contributed by atoms with Crippen LogP contribution in [-0.2, 0) is 6.42 Å². The highest BCUT2D eigenvalue weighted by Gasteiger charge is 2.38. The molecule has 2 nitrogen and oxygen atoms in total. The number of aryl methyl sites for hydroxylation is 1. The van der Waals surface area contributed by atoms with Crippen molar-refractivity contribution >= 4 is 54.4 Å². The number of aromatic nitrogens is 1. The Balaban J connectivity index is 2.20. The monoisotopic (exact) mass is 403 g/mol. The van der Waals surface area contributed by atoms with Gasteiger partial charge in [0.25, 0.3) is 0 Å². The van der Waals surface area contributed by atoms with Crippen LogP contribution in [0.1, 0.15) is 18.2 Å². The summed E-state index contributed by atoms with van der Waals surface area (Å²) >= 11 is 13.3. The van der Waals surface area contributed by atoms with Crippen LogP contribution in [0.4, 0.5) is 0 Å². The fraction of sp³-hybridized carbons (Fsp3) is 0.357. The van der Waals surface area contributed by atoms with Gasteiger partial charge in [0, 0.05) is 27.5 Å². The molecule has 0 aliphatic carbocycles. The number of hydrogen-bond acceptors (Lipinski definition) is 2. The summed E-state index contributed by atoms with van der Waals surface area (Å²) in [6, 6.07) is 6.03. The average Bonchev–Trinajstić information content (AvgIpc) is 2.76. The Morgan fingerprint density at radius 2 is 2.21 bits per heavy atom. The summed E-state index contributed by atoms with van der Waals surface area (Å²) in [6.45, 7) is 3.93. The highest BCUT2D eigenvalue weighted by atomic mass is 79.9. The molecule has 2 heterocycles. The minimum atomic E-state index is -0.573. The summed E-state index contributed by atoms with van der Waals surface area (Å²) in [4.78, 5) is 4.65. The van der Waals surface area contributed by atoms with Crippen LogP contribution in [0.15, 0.2) is 22.7 Å². The first-order chi connectivity index (χ1) is 8.86. The van der Waals surface area contributed by atoms with Gasteiger partial charge in [-0.25, -0.2) is 0 Å². The topological polar surface area (TPSA) is 22.1 Å². The van der Waals surface area contributed by atoms with E-state index in [2.05, 4.69) is 36.8 Å². The van der Waals surface area contributed by atoms with E-state index < -0.39 is 3.78 Å². The molecule has 5 heteroatoms. The summed E-state index contributed by atoms with van der Waals surface area (Å²) in [5.41, 5.74) is 3.12. The largest absolute Gasteiger partial charge is 0.486 e. The van der Waals surface area contributed by atoms with Crippen molar-refractivity contribution in [3.8, 4) is 5.75 Å². The van der Waals surface area contributed by atoms with Crippen LogP contribution >= 0.6 is 43.5 Å². The van der Waals surface area contributed by atoms with E-state index in [9.17, 15) is 0 Å². The Bertz CT molecular complexity index is 667. The third-order valence-electron chi connectivity index (χ3n) is 3.42. The second-order valence-corrected chi connectivity index (χ2v) is 8.74. The lowest BCUT2D eigenvalue weighted by molar-refractivity contribution is 0.225.